The van der Waals surface area contributed by atoms with Crippen LogP contribution in [0.4, 0.5) is 0 Å². The van der Waals surface area contributed by atoms with Crippen LogP contribution in [0.2, 0.25) is 0 Å². The lowest BCUT2D eigenvalue weighted by molar-refractivity contribution is -0.144. The summed E-state index contributed by atoms with van der Waals surface area (Å²) in [5, 5.41) is 1.27. The molecule has 0 N–H and O–H groups in total. The molecule has 0 fully saturated rings. The molecular weight excluding hydrogens is 399 g/mol. The molecule has 0 saturated heterocycles. The maximum Gasteiger partial charge on any atom is 0.303 e. The lowest BCUT2D eigenvalue weighted by Gasteiger charge is -2.32. The number of esters is 2. The lowest BCUT2D eigenvalue weighted by atomic mass is 10.1. The van der Waals surface area contributed by atoms with Crippen LogP contribution in [0.1, 0.15) is 20.8 Å². The third kappa shape index (κ3) is 5.80. The average Bonchev–Trinajstić information content (AvgIpc) is 2.73. The van der Waals surface area contributed by atoms with Gasteiger partial charge in [0.1, 0.15) is 12.7 Å². The normalized spacial score (nSPS) is 13.4. The minimum atomic E-state index is -3.33. The van der Waals surface area contributed by atoms with Gasteiger partial charge in [-0.2, -0.15) is 0 Å². The Morgan fingerprint density at radius 2 is 1.43 bits per heavy atom. The highest BCUT2D eigenvalue weighted by Gasteiger charge is 2.41. The molecule has 0 unspecified atom stereocenters. The summed E-state index contributed by atoms with van der Waals surface area (Å²) in [4.78, 5) is 23.0. The van der Waals surface area contributed by atoms with Crippen molar-refractivity contribution in [3.8, 4) is 0 Å². The molecular formula is C24H27O5P. The van der Waals surface area contributed by atoms with Crippen LogP contribution in [0.25, 0.3) is 0 Å². The van der Waals surface area contributed by atoms with Crippen LogP contribution >= 0.6 is 7.14 Å². The van der Waals surface area contributed by atoms with Gasteiger partial charge < -0.3 is 14.0 Å². The number of hydrogen-bond donors (Lipinski definition) is 0. The zero-order valence-electron chi connectivity index (χ0n) is 17.5. The number of rotatable bonds is 9. The molecule has 0 amide bonds. The van der Waals surface area contributed by atoms with Gasteiger partial charge in [-0.1, -0.05) is 79.4 Å². The Hall–Kier alpha value is -2.91. The van der Waals surface area contributed by atoms with E-state index in [1.165, 1.54) is 13.8 Å². The van der Waals surface area contributed by atoms with E-state index < -0.39 is 30.8 Å². The molecule has 0 saturated carbocycles. The van der Waals surface area contributed by atoms with Gasteiger partial charge in [-0.15, -0.1) is 0 Å². The van der Waals surface area contributed by atoms with E-state index in [1.54, 1.807) is 19.1 Å². The number of hydrogen-bond acceptors (Lipinski definition) is 5. The van der Waals surface area contributed by atoms with Crippen molar-refractivity contribution in [3.05, 3.63) is 85.0 Å². The highest BCUT2D eigenvalue weighted by molar-refractivity contribution is 7.79. The molecule has 0 heterocycles. The molecule has 0 aliphatic heterocycles. The summed E-state index contributed by atoms with van der Waals surface area (Å²) >= 11 is 0. The molecule has 2 rings (SSSR count). The van der Waals surface area contributed by atoms with Gasteiger partial charge in [0.2, 0.25) is 0 Å². The van der Waals surface area contributed by atoms with Crippen molar-refractivity contribution in [2.45, 2.75) is 32.5 Å². The van der Waals surface area contributed by atoms with Crippen molar-refractivity contribution in [2.75, 3.05) is 6.61 Å². The van der Waals surface area contributed by atoms with E-state index >= 15 is 0 Å². The highest BCUT2D eigenvalue weighted by atomic mass is 31.2. The molecule has 0 aliphatic rings. The zero-order chi connectivity index (χ0) is 22.1. The van der Waals surface area contributed by atoms with Crippen molar-refractivity contribution < 1.29 is 23.6 Å². The maximum atomic E-state index is 14.8. The topological polar surface area (TPSA) is 69.7 Å². The van der Waals surface area contributed by atoms with Gasteiger partial charge in [-0.3, -0.25) is 9.59 Å². The van der Waals surface area contributed by atoms with Crippen LogP contribution in [-0.2, 0) is 23.6 Å². The van der Waals surface area contributed by atoms with E-state index in [2.05, 4.69) is 6.58 Å². The summed E-state index contributed by atoms with van der Waals surface area (Å²) in [6.07, 6.45) is 2.51. The van der Waals surface area contributed by atoms with Gasteiger partial charge in [0.05, 0.1) is 5.66 Å². The first kappa shape index (κ1) is 23.4. The van der Waals surface area contributed by atoms with Crippen molar-refractivity contribution in [1.82, 2.24) is 0 Å². The summed E-state index contributed by atoms with van der Waals surface area (Å²) in [5.74, 6) is -0.906. The van der Waals surface area contributed by atoms with Crippen molar-refractivity contribution in [1.29, 1.82) is 0 Å². The Bertz CT molecular complexity index is 907. The van der Waals surface area contributed by atoms with E-state index in [1.807, 2.05) is 60.7 Å². The van der Waals surface area contributed by atoms with Gasteiger partial charge in [-0.25, -0.2) is 0 Å². The lowest BCUT2D eigenvalue weighted by Crippen LogP contribution is -2.36. The maximum absolute atomic E-state index is 14.8. The first-order chi connectivity index (χ1) is 14.3. The van der Waals surface area contributed by atoms with E-state index in [4.69, 9.17) is 9.47 Å². The van der Waals surface area contributed by atoms with E-state index in [-0.39, 0.29) is 6.61 Å². The smallest absolute Gasteiger partial charge is 0.303 e. The van der Waals surface area contributed by atoms with E-state index in [9.17, 15) is 14.2 Å². The van der Waals surface area contributed by atoms with Gasteiger partial charge in [0.15, 0.2) is 7.14 Å². The SMILES string of the molecule is C=C(C)[C@@H](OC(C)=O)[C@H](/C=C/COC(C)=O)P(=O)(c1ccccc1)c1ccccc1. The van der Waals surface area contributed by atoms with Crippen LogP contribution in [-0.4, -0.2) is 30.3 Å². The molecule has 0 aromatic heterocycles. The Kier molecular flexibility index (Phi) is 8.37. The Balaban J connectivity index is 2.68. The summed E-state index contributed by atoms with van der Waals surface area (Å²) in [6, 6.07) is 18.2. The largest absolute Gasteiger partial charge is 0.462 e. The molecule has 0 bridgehead atoms. The molecule has 2 aromatic carbocycles. The molecule has 2 atom stereocenters. The molecule has 0 radical (unpaired) electrons. The summed E-state index contributed by atoms with van der Waals surface area (Å²) in [5.41, 5.74) is -0.154. The van der Waals surface area contributed by atoms with Gasteiger partial charge in [0, 0.05) is 24.5 Å². The number of benzene rings is 2. The fourth-order valence-corrected chi connectivity index (χ4v) is 6.48. The highest BCUT2D eigenvalue weighted by Crippen LogP contribution is 2.52. The summed E-state index contributed by atoms with van der Waals surface area (Å²) in [6.45, 7) is 8.36. The summed E-state index contributed by atoms with van der Waals surface area (Å²) < 4.78 is 25.3. The number of carbonyl (C=O) groups excluding carboxylic acids is 2. The van der Waals surface area contributed by atoms with Crippen molar-refractivity contribution in [2.24, 2.45) is 0 Å². The van der Waals surface area contributed by atoms with Crippen LogP contribution in [0.3, 0.4) is 0 Å². The zero-order valence-corrected chi connectivity index (χ0v) is 18.4. The van der Waals surface area contributed by atoms with E-state index in [0.29, 0.717) is 16.2 Å². The third-order valence-electron chi connectivity index (χ3n) is 4.50. The number of ether oxygens (including phenoxy) is 2. The second-order valence-corrected chi connectivity index (χ2v) is 9.87. The molecule has 0 spiro atoms. The Labute approximate surface area is 177 Å². The summed E-state index contributed by atoms with van der Waals surface area (Å²) in [7, 11) is -3.33. The number of carbonyl (C=O) groups is 2. The average molecular weight is 426 g/mol. The van der Waals surface area contributed by atoms with Crippen LogP contribution in [0.5, 0.6) is 0 Å². The van der Waals surface area contributed by atoms with Crippen molar-refractivity contribution in [3.63, 3.8) is 0 Å². The molecule has 0 aliphatic carbocycles. The molecule has 158 valence electrons. The predicted molar refractivity (Wildman–Crippen MR) is 120 cm³/mol. The minimum Gasteiger partial charge on any atom is -0.462 e. The Morgan fingerprint density at radius 3 is 1.83 bits per heavy atom. The fourth-order valence-electron chi connectivity index (χ4n) is 3.21. The monoisotopic (exact) mass is 426 g/mol. The fraction of sp³-hybridized carbons (Fsp3) is 0.250. The molecule has 30 heavy (non-hydrogen) atoms. The van der Waals surface area contributed by atoms with Crippen LogP contribution in [0, 0.1) is 0 Å². The Morgan fingerprint density at radius 1 is 0.933 bits per heavy atom. The second-order valence-electron chi connectivity index (χ2n) is 6.93. The molecule has 2 aromatic rings. The standard InChI is InChI=1S/C24H27O5P/c1-18(2)24(29-20(4)26)23(16-11-17-28-19(3)25)30(27,21-12-7-5-8-13-21)22-14-9-6-10-15-22/h5-16,23-24H,1,17H2,2-4H3/b16-11+/t23-,24+/m0/s1. The minimum absolute atomic E-state index is 0.0262. The quantitative estimate of drug-likeness (QED) is 0.344. The molecule has 6 heteroatoms. The first-order valence-electron chi connectivity index (χ1n) is 9.60. The van der Waals surface area contributed by atoms with Crippen molar-refractivity contribution >= 4 is 29.7 Å². The van der Waals surface area contributed by atoms with Gasteiger partial charge >= 0.3 is 11.9 Å². The van der Waals surface area contributed by atoms with Gasteiger partial charge in [-0.05, 0) is 12.5 Å². The van der Waals surface area contributed by atoms with E-state index in [0.717, 1.165) is 0 Å². The first-order valence-corrected chi connectivity index (χ1v) is 11.4. The second kappa shape index (κ2) is 10.7. The predicted octanol–water partition coefficient (Wildman–Crippen LogP) is 4.00. The van der Waals surface area contributed by atoms with Crippen LogP contribution in [0.15, 0.2) is 85.0 Å². The molecule has 5 nitrogen and oxygen atoms in total. The van der Waals surface area contributed by atoms with Gasteiger partial charge in [0.25, 0.3) is 0 Å². The third-order valence-corrected chi connectivity index (χ3v) is 7.92. The van der Waals surface area contributed by atoms with Crippen LogP contribution < -0.4 is 10.6 Å².